The quantitative estimate of drug-likeness (QED) is 0.843. The molecule has 4 heteroatoms. The number of benzene rings is 1. The van der Waals surface area contributed by atoms with E-state index in [0.29, 0.717) is 0 Å². The van der Waals surface area contributed by atoms with E-state index in [9.17, 15) is 4.79 Å². The molecule has 1 amide bonds. The molecule has 1 saturated heterocycles. The fourth-order valence-corrected chi connectivity index (χ4v) is 2.52. The van der Waals surface area contributed by atoms with E-state index >= 15 is 0 Å². The first-order chi connectivity index (χ1) is 9.25. The molecule has 19 heavy (non-hydrogen) atoms. The number of hydrogen-bond donors (Lipinski definition) is 1. The predicted molar refractivity (Wildman–Crippen MR) is 75.1 cm³/mol. The average molecular weight is 255 g/mol. The second kappa shape index (κ2) is 4.97. The molecule has 1 aromatic heterocycles. The average Bonchev–Trinajstić information content (AvgIpc) is 2.46. The number of aromatic nitrogens is 1. The molecule has 1 aliphatic rings. The third-order valence-corrected chi connectivity index (χ3v) is 3.61. The Hall–Kier alpha value is -1.94. The van der Waals surface area contributed by atoms with Crippen molar-refractivity contribution in [2.24, 2.45) is 0 Å². The summed E-state index contributed by atoms with van der Waals surface area (Å²) < 4.78 is 0. The molecule has 3 rings (SSSR count). The van der Waals surface area contributed by atoms with Crippen molar-refractivity contribution in [3.8, 4) is 0 Å². The van der Waals surface area contributed by atoms with Gasteiger partial charge in [-0.3, -0.25) is 9.78 Å². The number of piperazine rings is 1. The van der Waals surface area contributed by atoms with Gasteiger partial charge in [-0.15, -0.1) is 0 Å². The number of nitrogens with zero attached hydrogens (tertiary/aromatic N) is 2. The third kappa shape index (κ3) is 2.31. The third-order valence-electron chi connectivity index (χ3n) is 3.61. The summed E-state index contributed by atoms with van der Waals surface area (Å²) in [6.07, 6.45) is 1.77. The van der Waals surface area contributed by atoms with E-state index in [1.165, 1.54) is 0 Å². The Labute approximate surface area is 112 Å². The Balaban J connectivity index is 1.92. The number of carbonyl (C=O) groups excluding carboxylic acids is 1. The SMILES string of the molecule is C[C@H]1CNCCN1C(=O)c1ccc2ncccc2c1. The van der Waals surface area contributed by atoms with Crippen LogP contribution in [-0.4, -0.2) is 41.5 Å². The molecule has 1 fully saturated rings. The van der Waals surface area contributed by atoms with E-state index in [1.54, 1.807) is 6.20 Å². The van der Waals surface area contributed by atoms with Gasteiger partial charge in [0.15, 0.2) is 0 Å². The van der Waals surface area contributed by atoms with Crippen molar-refractivity contribution in [1.29, 1.82) is 0 Å². The first kappa shape index (κ1) is 12.1. The van der Waals surface area contributed by atoms with Crippen molar-refractivity contribution in [1.82, 2.24) is 15.2 Å². The Kier molecular flexibility index (Phi) is 3.17. The van der Waals surface area contributed by atoms with Crippen LogP contribution in [0.3, 0.4) is 0 Å². The molecule has 1 aromatic carbocycles. The normalized spacial score (nSPS) is 19.6. The lowest BCUT2D eigenvalue weighted by atomic mass is 10.1. The first-order valence-corrected chi connectivity index (χ1v) is 6.62. The van der Waals surface area contributed by atoms with Gasteiger partial charge in [0.2, 0.25) is 0 Å². The largest absolute Gasteiger partial charge is 0.333 e. The molecule has 4 nitrogen and oxygen atoms in total. The molecule has 0 unspecified atom stereocenters. The molecule has 0 saturated carbocycles. The first-order valence-electron chi connectivity index (χ1n) is 6.62. The minimum absolute atomic E-state index is 0.111. The topological polar surface area (TPSA) is 45.2 Å². The fourth-order valence-electron chi connectivity index (χ4n) is 2.52. The van der Waals surface area contributed by atoms with Gasteiger partial charge in [-0.2, -0.15) is 0 Å². The van der Waals surface area contributed by atoms with Crippen LogP contribution in [0.2, 0.25) is 0 Å². The molecule has 1 aliphatic heterocycles. The van der Waals surface area contributed by atoms with Crippen LogP contribution >= 0.6 is 0 Å². The van der Waals surface area contributed by atoms with Gasteiger partial charge in [0.25, 0.3) is 5.91 Å². The number of amides is 1. The zero-order valence-corrected chi connectivity index (χ0v) is 11.0. The van der Waals surface area contributed by atoms with Gasteiger partial charge in [0.05, 0.1) is 5.52 Å². The molecule has 0 spiro atoms. The fraction of sp³-hybridized carbons (Fsp3) is 0.333. The lowest BCUT2D eigenvalue weighted by Gasteiger charge is -2.34. The van der Waals surface area contributed by atoms with Gasteiger partial charge >= 0.3 is 0 Å². The summed E-state index contributed by atoms with van der Waals surface area (Å²) in [6.45, 7) is 4.57. The van der Waals surface area contributed by atoms with Crippen LogP contribution in [0.15, 0.2) is 36.5 Å². The van der Waals surface area contributed by atoms with E-state index in [1.807, 2.05) is 35.2 Å². The molecule has 2 aromatic rings. The standard InChI is InChI=1S/C15H17N3O/c1-11-10-16-7-8-18(11)15(19)13-4-5-14-12(9-13)3-2-6-17-14/h2-6,9,11,16H,7-8,10H2,1H3/t11-/m0/s1. The Morgan fingerprint density at radius 2 is 2.32 bits per heavy atom. The van der Waals surface area contributed by atoms with Crippen LogP contribution in [0.5, 0.6) is 0 Å². The van der Waals surface area contributed by atoms with Gasteiger partial charge in [-0.05, 0) is 31.2 Å². The summed E-state index contributed by atoms with van der Waals surface area (Å²) in [5, 5.41) is 4.31. The van der Waals surface area contributed by atoms with E-state index in [0.717, 1.165) is 36.1 Å². The number of carbonyl (C=O) groups is 1. The lowest BCUT2D eigenvalue weighted by Crippen LogP contribution is -2.52. The number of rotatable bonds is 1. The highest BCUT2D eigenvalue weighted by atomic mass is 16.2. The minimum atomic E-state index is 0.111. The molecule has 0 bridgehead atoms. The molecule has 1 N–H and O–H groups in total. The molecular weight excluding hydrogens is 238 g/mol. The second-order valence-corrected chi connectivity index (χ2v) is 4.96. The van der Waals surface area contributed by atoms with Gasteiger partial charge in [0, 0.05) is 42.8 Å². The van der Waals surface area contributed by atoms with Crippen LogP contribution in [0.1, 0.15) is 17.3 Å². The van der Waals surface area contributed by atoms with Crippen LogP contribution < -0.4 is 5.32 Å². The van der Waals surface area contributed by atoms with Gasteiger partial charge < -0.3 is 10.2 Å². The van der Waals surface area contributed by atoms with Crippen LogP contribution in [0, 0.1) is 0 Å². The monoisotopic (exact) mass is 255 g/mol. The van der Waals surface area contributed by atoms with Gasteiger partial charge in [0.1, 0.15) is 0 Å². The number of fused-ring (bicyclic) bond motifs is 1. The van der Waals surface area contributed by atoms with Crippen molar-refractivity contribution in [2.45, 2.75) is 13.0 Å². The summed E-state index contributed by atoms with van der Waals surface area (Å²) in [5.41, 5.74) is 1.67. The number of pyridine rings is 1. The summed E-state index contributed by atoms with van der Waals surface area (Å²) in [7, 11) is 0. The zero-order chi connectivity index (χ0) is 13.2. The lowest BCUT2D eigenvalue weighted by molar-refractivity contribution is 0.0656. The highest BCUT2D eigenvalue weighted by Crippen LogP contribution is 2.16. The van der Waals surface area contributed by atoms with E-state index in [4.69, 9.17) is 0 Å². The maximum Gasteiger partial charge on any atom is 0.254 e. The molecular formula is C15H17N3O. The van der Waals surface area contributed by atoms with Crippen molar-refractivity contribution in [3.63, 3.8) is 0 Å². The molecule has 0 radical (unpaired) electrons. The molecule has 0 aliphatic carbocycles. The van der Waals surface area contributed by atoms with Gasteiger partial charge in [-0.1, -0.05) is 6.07 Å². The summed E-state index contributed by atoms with van der Waals surface area (Å²) in [4.78, 5) is 18.7. The van der Waals surface area contributed by atoms with E-state index < -0.39 is 0 Å². The van der Waals surface area contributed by atoms with Crippen LogP contribution in [0.25, 0.3) is 10.9 Å². The minimum Gasteiger partial charge on any atom is -0.333 e. The van der Waals surface area contributed by atoms with Crippen molar-refractivity contribution < 1.29 is 4.79 Å². The van der Waals surface area contributed by atoms with E-state index in [-0.39, 0.29) is 11.9 Å². The Morgan fingerprint density at radius 3 is 3.16 bits per heavy atom. The molecule has 2 heterocycles. The molecule has 1 atom stereocenters. The number of nitrogens with one attached hydrogen (secondary N) is 1. The summed E-state index contributed by atoms with van der Waals surface area (Å²) in [5.74, 6) is 0.111. The smallest absolute Gasteiger partial charge is 0.254 e. The summed E-state index contributed by atoms with van der Waals surface area (Å²) in [6, 6.07) is 9.83. The Bertz CT molecular complexity index is 611. The highest BCUT2D eigenvalue weighted by molar-refractivity contribution is 5.98. The van der Waals surface area contributed by atoms with Crippen molar-refractivity contribution in [3.05, 3.63) is 42.1 Å². The van der Waals surface area contributed by atoms with Gasteiger partial charge in [-0.25, -0.2) is 0 Å². The summed E-state index contributed by atoms with van der Waals surface area (Å²) >= 11 is 0. The van der Waals surface area contributed by atoms with E-state index in [2.05, 4.69) is 17.2 Å². The Morgan fingerprint density at radius 1 is 1.42 bits per heavy atom. The maximum absolute atomic E-state index is 12.5. The van der Waals surface area contributed by atoms with Crippen molar-refractivity contribution >= 4 is 16.8 Å². The second-order valence-electron chi connectivity index (χ2n) is 4.96. The maximum atomic E-state index is 12.5. The molecule has 98 valence electrons. The van der Waals surface area contributed by atoms with Crippen molar-refractivity contribution in [2.75, 3.05) is 19.6 Å². The number of hydrogen-bond acceptors (Lipinski definition) is 3. The highest BCUT2D eigenvalue weighted by Gasteiger charge is 2.23. The van der Waals surface area contributed by atoms with Crippen LogP contribution in [0.4, 0.5) is 0 Å². The predicted octanol–water partition coefficient (Wildman–Crippen LogP) is 1.67. The van der Waals surface area contributed by atoms with Crippen LogP contribution in [-0.2, 0) is 0 Å². The zero-order valence-electron chi connectivity index (χ0n) is 11.0.